The van der Waals surface area contributed by atoms with E-state index >= 15 is 0 Å². The first kappa shape index (κ1) is 45.9. The number of hydrogen-bond donors (Lipinski definition) is 0. The SMILES string of the molecule is CC(C)(C)c1ccc(-c2cccc3[cH-]c(C4CCCC4)cc23)cc1.Cc1cc2c(-c3ccc(C4CCCCC4)cc3)cccc2[cH-]1.Cl.Cl.[CH3-].[CH3-].[Si]=[Zr]. The maximum atomic E-state index is 3.06. The normalized spacial score (nSPS) is 14.4. The van der Waals surface area contributed by atoms with Crippen molar-refractivity contribution >= 4 is 53.2 Å². The zero-order valence-corrected chi connectivity index (χ0v) is 37.3. The van der Waals surface area contributed by atoms with Gasteiger partial charge in [-0.3, -0.25) is 0 Å². The summed E-state index contributed by atoms with van der Waals surface area (Å²) in [5, 5.41) is 5.55. The van der Waals surface area contributed by atoms with Crippen molar-refractivity contribution < 1.29 is 23.3 Å². The van der Waals surface area contributed by atoms with Gasteiger partial charge in [-0.1, -0.05) is 132 Å². The number of hydrogen-bond acceptors (Lipinski definition) is 0. The van der Waals surface area contributed by atoms with Crippen LogP contribution in [0.4, 0.5) is 0 Å². The monoisotopic (exact) mass is 822 g/mol. The molecule has 0 unspecified atom stereocenters. The van der Waals surface area contributed by atoms with Gasteiger partial charge < -0.3 is 14.9 Å². The van der Waals surface area contributed by atoms with Crippen LogP contribution < -0.4 is 0 Å². The second-order valence-corrected chi connectivity index (χ2v) is 15.2. The third kappa shape index (κ3) is 10.7. The summed E-state index contributed by atoms with van der Waals surface area (Å²) < 4.78 is 0. The molecule has 0 amide bonds. The molecule has 0 heterocycles. The zero-order chi connectivity index (χ0) is 33.7. The first-order chi connectivity index (χ1) is 23.3. The van der Waals surface area contributed by atoms with Crippen LogP contribution in [0.15, 0.2) is 109 Å². The molecule has 0 atom stereocenters. The van der Waals surface area contributed by atoms with Crippen molar-refractivity contribution in [3.05, 3.63) is 146 Å². The Hall–Kier alpha value is -2.22. The molecule has 2 aliphatic rings. The Morgan fingerprint density at radius 3 is 1.58 bits per heavy atom. The number of fused-ring (bicyclic) bond motifs is 2. The van der Waals surface area contributed by atoms with Gasteiger partial charge in [-0.2, -0.15) is 12.1 Å². The first-order valence-electron chi connectivity index (χ1n) is 18.2. The van der Waals surface area contributed by atoms with Gasteiger partial charge in [-0.15, -0.1) is 93.9 Å². The third-order valence-electron chi connectivity index (χ3n) is 10.9. The molecule has 0 bridgehead atoms. The van der Waals surface area contributed by atoms with E-state index in [1.165, 1.54) is 142 Å². The van der Waals surface area contributed by atoms with Crippen LogP contribution in [0.2, 0.25) is 0 Å². The molecule has 0 aliphatic heterocycles. The van der Waals surface area contributed by atoms with Crippen molar-refractivity contribution in [2.24, 2.45) is 0 Å². The molecule has 0 saturated heterocycles. The Balaban J connectivity index is 0.000000321. The molecule has 2 saturated carbocycles. The molecule has 0 spiro atoms. The van der Waals surface area contributed by atoms with Gasteiger partial charge in [0.15, 0.2) is 0 Å². The number of rotatable bonds is 4. The Morgan fingerprint density at radius 1 is 0.577 bits per heavy atom. The summed E-state index contributed by atoms with van der Waals surface area (Å²) in [7, 11) is 0. The van der Waals surface area contributed by atoms with Crippen LogP contribution in [0, 0.1) is 21.8 Å². The third-order valence-corrected chi connectivity index (χ3v) is 10.9. The summed E-state index contributed by atoms with van der Waals surface area (Å²) in [6.07, 6.45) is 12.5. The van der Waals surface area contributed by atoms with Crippen LogP contribution in [0.3, 0.4) is 0 Å². The molecule has 2 fully saturated rings. The second kappa shape index (κ2) is 21.0. The van der Waals surface area contributed by atoms with E-state index in [9.17, 15) is 0 Å². The van der Waals surface area contributed by atoms with E-state index in [1.54, 1.807) is 5.56 Å². The minimum absolute atomic E-state index is 0. The van der Waals surface area contributed by atoms with Gasteiger partial charge in [0.25, 0.3) is 0 Å². The molecular weight excluding hydrogens is 767 g/mol. The fourth-order valence-electron chi connectivity index (χ4n) is 8.16. The van der Waals surface area contributed by atoms with E-state index < -0.39 is 0 Å². The number of benzene rings is 4. The summed E-state index contributed by atoms with van der Waals surface area (Å²) in [4.78, 5) is 0. The van der Waals surface area contributed by atoms with E-state index in [1.807, 2.05) is 0 Å². The molecule has 8 rings (SSSR count). The van der Waals surface area contributed by atoms with E-state index in [0.717, 1.165) is 11.8 Å². The van der Waals surface area contributed by atoms with E-state index in [2.05, 4.69) is 144 Å². The summed E-state index contributed by atoms with van der Waals surface area (Å²) in [5.74, 6) is 1.58. The Labute approximate surface area is 345 Å². The van der Waals surface area contributed by atoms with E-state index in [0.29, 0.717) is 0 Å². The van der Waals surface area contributed by atoms with Gasteiger partial charge in [-0.25, -0.2) is 0 Å². The molecule has 52 heavy (non-hydrogen) atoms. The van der Waals surface area contributed by atoms with Gasteiger partial charge in [0.1, 0.15) is 0 Å². The maximum absolute atomic E-state index is 3.06. The molecule has 4 heteroatoms. The Morgan fingerprint density at radius 2 is 1.04 bits per heavy atom. The molecule has 0 aromatic heterocycles. The molecule has 2 aliphatic carbocycles. The van der Waals surface area contributed by atoms with Crippen molar-refractivity contribution in [1.82, 2.24) is 0 Å². The molecule has 6 aromatic carbocycles. The van der Waals surface area contributed by atoms with Gasteiger partial charge >= 0.3 is 30.2 Å². The van der Waals surface area contributed by atoms with Gasteiger partial charge in [0, 0.05) is 0 Å². The first-order valence-corrected chi connectivity index (χ1v) is 22.3. The Kier molecular flexibility index (Phi) is 18.6. The fourth-order valence-corrected chi connectivity index (χ4v) is 8.16. The fraction of sp³-hybridized carbons (Fsp3) is 0.333. The van der Waals surface area contributed by atoms with Crippen LogP contribution in [-0.2, 0) is 28.8 Å². The van der Waals surface area contributed by atoms with Gasteiger partial charge in [0.05, 0.1) is 0 Å². The molecule has 0 N–H and O–H groups in total. The van der Waals surface area contributed by atoms with Crippen molar-refractivity contribution in [3.8, 4) is 22.3 Å². The summed E-state index contributed by atoms with van der Waals surface area (Å²) in [5.41, 5.74) is 11.5. The predicted molar refractivity (Wildman–Crippen MR) is 234 cm³/mol. The van der Waals surface area contributed by atoms with E-state index in [-0.39, 0.29) is 45.1 Å². The van der Waals surface area contributed by atoms with Crippen LogP contribution in [0.5, 0.6) is 0 Å². The molecule has 6 aromatic rings. The van der Waals surface area contributed by atoms with E-state index in [4.69, 9.17) is 0 Å². The van der Waals surface area contributed by atoms with Gasteiger partial charge in [0.2, 0.25) is 0 Å². The summed E-state index contributed by atoms with van der Waals surface area (Å²) >= 11 is 1.36. The molecule has 276 valence electrons. The zero-order valence-electron chi connectivity index (χ0n) is 32.2. The van der Waals surface area contributed by atoms with Crippen molar-refractivity contribution in [1.29, 1.82) is 0 Å². The Bertz CT molecular complexity index is 1930. The van der Waals surface area contributed by atoms with Crippen molar-refractivity contribution in [2.75, 3.05) is 0 Å². The number of halogens is 2. The summed E-state index contributed by atoms with van der Waals surface area (Å²) in [6.45, 7) is 12.1. The van der Waals surface area contributed by atoms with Crippen molar-refractivity contribution in [3.63, 3.8) is 0 Å². The quantitative estimate of drug-likeness (QED) is 0.123. The number of aryl methyl sites for hydroxylation is 1. The molecule has 2 radical (unpaired) electrons. The van der Waals surface area contributed by atoms with Crippen LogP contribution >= 0.6 is 24.8 Å². The predicted octanol–water partition coefficient (Wildman–Crippen LogP) is 15.1. The average molecular weight is 825 g/mol. The average Bonchev–Trinajstić information content (AvgIpc) is 3.89. The molecular formula is C48H58Cl2SiZr-4. The standard InChI is InChI=1S/C24H27.C22H23.2CH3.2ClH.Si.Zr/c1-24(2,3)21-13-11-18(12-14-21)22-10-6-9-19-15-20(16-23(19)22)17-7-4-5-8-17;1-16-14-20-8-5-9-21(22(20)15-16)19-12-10-18(11-13-19)17-6-3-2-4-7-17;;;;;;/h6,9-17H,4-5,7-8H2,1-3H3;5,8-15,17H,2-4,6-7H2,1H3;2*1H3;2*1H;;/q4*-1;;;;. The summed E-state index contributed by atoms with van der Waals surface area (Å²) in [6, 6.07) is 41.3. The molecule has 0 nitrogen and oxygen atoms in total. The van der Waals surface area contributed by atoms with Gasteiger partial charge in [-0.05, 0) is 65.2 Å². The van der Waals surface area contributed by atoms with Crippen LogP contribution in [0.25, 0.3) is 43.8 Å². The topological polar surface area (TPSA) is 0 Å². The van der Waals surface area contributed by atoms with Crippen LogP contribution in [-0.4, -0.2) is 6.88 Å². The van der Waals surface area contributed by atoms with Crippen LogP contribution in [0.1, 0.15) is 113 Å². The van der Waals surface area contributed by atoms with Crippen molar-refractivity contribution in [2.45, 2.75) is 103 Å². The second-order valence-electron chi connectivity index (χ2n) is 15.2. The minimum atomic E-state index is 0.